The van der Waals surface area contributed by atoms with Crippen molar-refractivity contribution < 1.29 is 45.8 Å². The second kappa shape index (κ2) is 9.50. The number of carboxylic acids is 2. The fourth-order valence-electron chi connectivity index (χ4n) is 2.67. The van der Waals surface area contributed by atoms with Crippen molar-refractivity contribution in [2.24, 2.45) is 0 Å². The van der Waals surface area contributed by atoms with Crippen molar-refractivity contribution in [3.8, 4) is 0 Å². The standard InChI is InChI=1S/C14H19FN2O4S.C2HF3O2/c1-16(2)11-6-7-17(13(9-11)14(18)19)22(20,21)12-5-3-4-10(15)8-12;3-2(4,5)1(6)7/h3-5,8,11,13H,6-7,9H2,1-2H3,(H,18,19);(H,6,7). The van der Waals surface area contributed by atoms with Crippen molar-refractivity contribution in [2.75, 3.05) is 20.6 Å². The third-order valence-corrected chi connectivity index (χ3v) is 6.09. The molecule has 1 aliphatic heterocycles. The summed E-state index contributed by atoms with van der Waals surface area (Å²) in [4.78, 5) is 22.0. The molecule has 1 aromatic rings. The van der Waals surface area contributed by atoms with E-state index < -0.39 is 40.0 Å². The molecule has 0 radical (unpaired) electrons. The molecule has 2 atom stereocenters. The van der Waals surface area contributed by atoms with Crippen LogP contribution in [0.25, 0.3) is 0 Å². The minimum Gasteiger partial charge on any atom is -0.480 e. The van der Waals surface area contributed by atoms with Crippen LogP contribution in [-0.2, 0) is 19.6 Å². The van der Waals surface area contributed by atoms with Crippen LogP contribution in [0.3, 0.4) is 0 Å². The van der Waals surface area contributed by atoms with Gasteiger partial charge in [0, 0.05) is 12.6 Å². The zero-order valence-corrected chi connectivity index (χ0v) is 16.2. The number of sulfonamides is 1. The van der Waals surface area contributed by atoms with Crippen LogP contribution >= 0.6 is 0 Å². The number of nitrogens with zero attached hydrogens (tertiary/aromatic N) is 2. The number of alkyl halides is 3. The van der Waals surface area contributed by atoms with Gasteiger partial charge in [-0.2, -0.15) is 17.5 Å². The molecular weight excluding hydrogens is 424 g/mol. The summed E-state index contributed by atoms with van der Waals surface area (Å²) in [5.74, 6) is -4.62. The highest BCUT2D eigenvalue weighted by Gasteiger charge is 2.41. The second-order valence-corrected chi connectivity index (χ2v) is 8.26. The summed E-state index contributed by atoms with van der Waals surface area (Å²) >= 11 is 0. The van der Waals surface area contributed by atoms with E-state index in [0.717, 1.165) is 16.4 Å². The molecule has 1 aromatic carbocycles. The molecule has 0 aromatic heterocycles. The van der Waals surface area contributed by atoms with Gasteiger partial charge in [-0.05, 0) is 45.1 Å². The third kappa shape index (κ3) is 6.65. The quantitative estimate of drug-likeness (QED) is 0.679. The first kappa shape index (κ1) is 24.8. The molecular formula is C16H20F4N2O6S. The van der Waals surface area contributed by atoms with Crippen molar-refractivity contribution in [1.82, 2.24) is 9.21 Å². The molecule has 13 heteroatoms. The van der Waals surface area contributed by atoms with Gasteiger partial charge >= 0.3 is 18.1 Å². The molecule has 29 heavy (non-hydrogen) atoms. The lowest BCUT2D eigenvalue weighted by molar-refractivity contribution is -0.192. The number of aliphatic carboxylic acids is 2. The minimum absolute atomic E-state index is 0.0000551. The van der Waals surface area contributed by atoms with E-state index in [1.165, 1.54) is 12.1 Å². The fraction of sp³-hybridized carbons (Fsp3) is 0.500. The lowest BCUT2D eigenvalue weighted by Gasteiger charge is -2.38. The molecule has 0 aliphatic carbocycles. The molecule has 2 unspecified atom stereocenters. The number of carboxylic acid groups (broad SMARTS) is 2. The largest absolute Gasteiger partial charge is 0.490 e. The number of piperidine rings is 1. The van der Waals surface area contributed by atoms with E-state index in [9.17, 15) is 35.9 Å². The van der Waals surface area contributed by atoms with Gasteiger partial charge in [-0.1, -0.05) is 6.07 Å². The first-order valence-corrected chi connectivity index (χ1v) is 9.58. The topological polar surface area (TPSA) is 115 Å². The Hall–Kier alpha value is -2.25. The van der Waals surface area contributed by atoms with Crippen molar-refractivity contribution in [1.29, 1.82) is 0 Å². The normalized spacial score (nSPS) is 20.7. The van der Waals surface area contributed by atoms with Gasteiger partial charge in [0.15, 0.2) is 0 Å². The monoisotopic (exact) mass is 444 g/mol. The average molecular weight is 444 g/mol. The highest BCUT2D eigenvalue weighted by molar-refractivity contribution is 7.89. The molecule has 0 saturated carbocycles. The van der Waals surface area contributed by atoms with Crippen LogP contribution in [0.4, 0.5) is 17.6 Å². The van der Waals surface area contributed by atoms with Crippen molar-refractivity contribution in [2.45, 2.75) is 36.0 Å². The summed E-state index contributed by atoms with van der Waals surface area (Å²) in [7, 11) is -0.367. The summed E-state index contributed by atoms with van der Waals surface area (Å²) in [6.45, 7) is 0.0959. The fourth-order valence-corrected chi connectivity index (χ4v) is 4.31. The predicted molar refractivity (Wildman–Crippen MR) is 92.1 cm³/mol. The molecule has 1 fully saturated rings. The number of carbonyl (C=O) groups is 2. The molecule has 1 aliphatic rings. The maximum Gasteiger partial charge on any atom is 0.490 e. The Morgan fingerprint density at radius 3 is 2.17 bits per heavy atom. The van der Waals surface area contributed by atoms with Gasteiger partial charge in [0.1, 0.15) is 11.9 Å². The number of halogens is 4. The van der Waals surface area contributed by atoms with Gasteiger partial charge < -0.3 is 15.1 Å². The number of benzene rings is 1. The molecule has 0 amide bonds. The summed E-state index contributed by atoms with van der Waals surface area (Å²) in [5.41, 5.74) is 0. The Bertz CT molecular complexity index is 844. The predicted octanol–water partition coefficient (Wildman–Crippen LogP) is 1.63. The minimum atomic E-state index is -5.08. The van der Waals surface area contributed by atoms with Crippen LogP contribution in [-0.4, -0.2) is 78.7 Å². The number of hydrogen-bond acceptors (Lipinski definition) is 5. The second-order valence-electron chi connectivity index (χ2n) is 6.37. The van der Waals surface area contributed by atoms with E-state index in [1.54, 1.807) is 0 Å². The summed E-state index contributed by atoms with van der Waals surface area (Å²) in [6, 6.07) is 3.48. The van der Waals surface area contributed by atoms with Crippen molar-refractivity contribution in [3.05, 3.63) is 30.1 Å². The van der Waals surface area contributed by atoms with Gasteiger partial charge in [0.25, 0.3) is 0 Å². The lowest BCUT2D eigenvalue weighted by atomic mass is 9.99. The molecule has 2 N–H and O–H groups in total. The van der Waals surface area contributed by atoms with Crippen molar-refractivity contribution in [3.63, 3.8) is 0 Å². The van der Waals surface area contributed by atoms with E-state index in [1.807, 2.05) is 19.0 Å². The highest BCUT2D eigenvalue weighted by atomic mass is 32.2. The Morgan fingerprint density at radius 2 is 1.76 bits per heavy atom. The molecule has 1 saturated heterocycles. The first-order valence-electron chi connectivity index (χ1n) is 8.14. The van der Waals surface area contributed by atoms with Gasteiger partial charge in [-0.15, -0.1) is 0 Å². The zero-order chi connectivity index (χ0) is 22.6. The average Bonchev–Trinajstić information content (AvgIpc) is 2.60. The van der Waals surface area contributed by atoms with Crippen LogP contribution in [0.1, 0.15) is 12.8 Å². The molecule has 2 rings (SSSR count). The summed E-state index contributed by atoms with van der Waals surface area (Å²) < 4.78 is 71.2. The van der Waals surface area contributed by atoms with E-state index in [-0.39, 0.29) is 23.9 Å². The van der Waals surface area contributed by atoms with Crippen molar-refractivity contribution >= 4 is 22.0 Å². The lowest BCUT2D eigenvalue weighted by Crippen LogP contribution is -2.53. The summed E-state index contributed by atoms with van der Waals surface area (Å²) in [6.07, 6.45) is -4.35. The van der Waals surface area contributed by atoms with Crippen LogP contribution in [0.15, 0.2) is 29.2 Å². The molecule has 1 heterocycles. The smallest absolute Gasteiger partial charge is 0.480 e. The number of hydrogen-bond donors (Lipinski definition) is 2. The van der Waals surface area contributed by atoms with Gasteiger partial charge in [-0.3, -0.25) is 4.79 Å². The van der Waals surface area contributed by atoms with Gasteiger partial charge in [-0.25, -0.2) is 17.6 Å². The Labute approximate surface area is 164 Å². The summed E-state index contributed by atoms with van der Waals surface area (Å²) in [5, 5.41) is 16.5. The van der Waals surface area contributed by atoms with E-state index in [2.05, 4.69) is 0 Å². The van der Waals surface area contributed by atoms with Crippen LogP contribution in [0, 0.1) is 5.82 Å². The molecule has 0 spiro atoms. The van der Waals surface area contributed by atoms with E-state index in [0.29, 0.717) is 6.42 Å². The molecule has 8 nitrogen and oxygen atoms in total. The van der Waals surface area contributed by atoms with E-state index >= 15 is 0 Å². The first-order chi connectivity index (χ1) is 13.2. The molecule has 0 bridgehead atoms. The van der Waals surface area contributed by atoms with E-state index in [4.69, 9.17) is 9.90 Å². The Balaban J connectivity index is 0.000000516. The maximum absolute atomic E-state index is 13.3. The van der Waals surface area contributed by atoms with Gasteiger partial charge in [0.05, 0.1) is 4.90 Å². The Kier molecular flexibility index (Phi) is 8.12. The molecule has 164 valence electrons. The highest BCUT2D eigenvalue weighted by Crippen LogP contribution is 2.27. The zero-order valence-electron chi connectivity index (χ0n) is 15.4. The Morgan fingerprint density at radius 1 is 1.21 bits per heavy atom. The van der Waals surface area contributed by atoms with Crippen LogP contribution in [0.5, 0.6) is 0 Å². The van der Waals surface area contributed by atoms with Crippen LogP contribution < -0.4 is 0 Å². The number of rotatable bonds is 4. The van der Waals surface area contributed by atoms with Crippen LogP contribution in [0.2, 0.25) is 0 Å². The van der Waals surface area contributed by atoms with Gasteiger partial charge in [0.2, 0.25) is 10.0 Å². The third-order valence-electron chi connectivity index (χ3n) is 4.19. The maximum atomic E-state index is 13.3. The SMILES string of the molecule is CN(C)C1CCN(S(=O)(=O)c2cccc(F)c2)C(C(=O)O)C1.O=C(O)C(F)(F)F.